The van der Waals surface area contributed by atoms with Gasteiger partial charge in [0.25, 0.3) is 0 Å². The highest BCUT2D eigenvalue weighted by Crippen LogP contribution is 2.23. The maximum atomic E-state index is 5.46. The van der Waals surface area contributed by atoms with Crippen LogP contribution in [0.15, 0.2) is 16.7 Å². The van der Waals surface area contributed by atoms with Gasteiger partial charge in [-0.15, -0.1) is 0 Å². The fraction of sp³-hybridized carbons (Fsp3) is 0.500. The van der Waals surface area contributed by atoms with Gasteiger partial charge in [0, 0.05) is 6.54 Å². The van der Waals surface area contributed by atoms with Crippen molar-refractivity contribution in [2.45, 2.75) is 26.8 Å². The van der Waals surface area contributed by atoms with Gasteiger partial charge in [0.2, 0.25) is 0 Å². The van der Waals surface area contributed by atoms with Crippen molar-refractivity contribution in [1.82, 2.24) is 9.78 Å². The van der Waals surface area contributed by atoms with Crippen LogP contribution in [0.5, 0.6) is 0 Å². The Hall–Kier alpha value is -0.610. The summed E-state index contributed by atoms with van der Waals surface area (Å²) in [4.78, 5) is 0. The summed E-state index contributed by atoms with van der Waals surface area (Å²) >= 11 is 3.50. The Labute approximate surface area is 93.1 Å². The first-order valence-corrected chi connectivity index (χ1v) is 5.58. The van der Waals surface area contributed by atoms with E-state index in [1.807, 2.05) is 10.9 Å². The van der Waals surface area contributed by atoms with Gasteiger partial charge in [0.1, 0.15) is 0 Å². The summed E-state index contributed by atoms with van der Waals surface area (Å²) < 4.78 is 3.03. The van der Waals surface area contributed by atoms with E-state index in [9.17, 15) is 0 Å². The van der Waals surface area contributed by atoms with Crippen molar-refractivity contribution in [3.63, 3.8) is 0 Å². The highest BCUT2D eigenvalue weighted by Gasteiger charge is 2.08. The zero-order valence-electron chi connectivity index (χ0n) is 8.63. The van der Waals surface area contributed by atoms with Gasteiger partial charge < -0.3 is 5.73 Å². The topological polar surface area (TPSA) is 43.8 Å². The molecule has 78 valence electrons. The van der Waals surface area contributed by atoms with Crippen LogP contribution in [-0.4, -0.2) is 16.3 Å². The van der Waals surface area contributed by atoms with E-state index in [1.165, 1.54) is 5.57 Å². The molecule has 0 fully saturated rings. The number of allylic oxidation sites excluding steroid dienone is 1. The predicted molar refractivity (Wildman–Crippen MR) is 62.9 cm³/mol. The third-order valence-electron chi connectivity index (χ3n) is 2.09. The zero-order valence-corrected chi connectivity index (χ0v) is 10.2. The molecular formula is C10H16BrN3. The first-order valence-electron chi connectivity index (χ1n) is 4.79. The molecular weight excluding hydrogens is 242 g/mol. The van der Waals surface area contributed by atoms with Crippen LogP contribution in [0.1, 0.15) is 26.0 Å². The molecule has 0 aliphatic heterocycles. The normalized spacial score (nSPS) is 12.1. The van der Waals surface area contributed by atoms with Crippen LogP contribution in [-0.2, 0) is 6.54 Å². The molecule has 0 amide bonds. The molecule has 0 atom stereocenters. The lowest BCUT2D eigenvalue weighted by Crippen LogP contribution is -2.02. The number of nitrogens with zero attached hydrogens (tertiary/aromatic N) is 2. The molecule has 4 heteroatoms. The smallest absolute Gasteiger partial charge is 0.0778 e. The number of halogens is 1. The Bertz CT molecular complexity index is 328. The maximum Gasteiger partial charge on any atom is 0.0778 e. The lowest BCUT2D eigenvalue weighted by Gasteiger charge is -2.05. The third-order valence-corrected chi connectivity index (χ3v) is 2.67. The molecule has 2 N–H and O–H groups in total. The minimum atomic E-state index is 0.690. The van der Waals surface area contributed by atoms with Crippen LogP contribution in [0.25, 0.3) is 5.57 Å². The SMILES string of the molecule is CCn1ncc(Br)c1C(C)=CCCN. The van der Waals surface area contributed by atoms with E-state index in [1.54, 1.807) is 0 Å². The van der Waals surface area contributed by atoms with E-state index in [0.717, 1.165) is 23.1 Å². The molecule has 3 nitrogen and oxygen atoms in total. The summed E-state index contributed by atoms with van der Waals surface area (Å²) in [5.74, 6) is 0. The van der Waals surface area contributed by atoms with Gasteiger partial charge in [-0.05, 0) is 48.3 Å². The van der Waals surface area contributed by atoms with Crippen LogP contribution in [0.4, 0.5) is 0 Å². The second-order valence-corrected chi connectivity index (χ2v) is 3.98. The second kappa shape index (κ2) is 5.32. The first-order chi connectivity index (χ1) is 6.70. The molecule has 0 unspecified atom stereocenters. The Morgan fingerprint density at radius 3 is 3.00 bits per heavy atom. The van der Waals surface area contributed by atoms with Gasteiger partial charge in [0.05, 0.1) is 16.4 Å². The van der Waals surface area contributed by atoms with Crippen molar-refractivity contribution < 1.29 is 0 Å². The molecule has 0 aliphatic rings. The minimum absolute atomic E-state index is 0.690. The Kier molecular flexibility index (Phi) is 4.35. The van der Waals surface area contributed by atoms with Crippen LogP contribution in [0, 0.1) is 0 Å². The van der Waals surface area contributed by atoms with E-state index in [4.69, 9.17) is 5.73 Å². The molecule has 0 bridgehead atoms. The molecule has 1 heterocycles. The summed E-state index contributed by atoms with van der Waals surface area (Å²) in [5.41, 5.74) is 7.84. The number of aryl methyl sites for hydroxylation is 1. The molecule has 0 saturated carbocycles. The monoisotopic (exact) mass is 257 g/mol. The number of nitrogens with two attached hydrogens (primary N) is 1. The van der Waals surface area contributed by atoms with Crippen molar-refractivity contribution >= 4 is 21.5 Å². The molecule has 0 radical (unpaired) electrons. The number of hydrogen-bond acceptors (Lipinski definition) is 2. The van der Waals surface area contributed by atoms with Crippen LogP contribution < -0.4 is 5.73 Å². The lowest BCUT2D eigenvalue weighted by molar-refractivity contribution is 0.650. The van der Waals surface area contributed by atoms with Crippen LogP contribution >= 0.6 is 15.9 Å². The largest absolute Gasteiger partial charge is 0.330 e. The molecule has 0 aromatic carbocycles. The summed E-state index contributed by atoms with van der Waals surface area (Å²) in [7, 11) is 0. The molecule has 1 aromatic heterocycles. The lowest BCUT2D eigenvalue weighted by atomic mass is 10.2. The van der Waals surface area contributed by atoms with Gasteiger partial charge >= 0.3 is 0 Å². The molecule has 14 heavy (non-hydrogen) atoms. The maximum absolute atomic E-state index is 5.46. The minimum Gasteiger partial charge on any atom is -0.330 e. The standard InChI is InChI=1S/C10H16BrN3/c1-3-14-10(9(11)7-13-14)8(2)5-4-6-12/h5,7H,3-4,6,12H2,1-2H3. The summed E-state index contributed by atoms with van der Waals surface area (Å²) in [6.07, 6.45) is 4.89. The van der Waals surface area contributed by atoms with Crippen molar-refractivity contribution in [1.29, 1.82) is 0 Å². The zero-order chi connectivity index (χ0) is 10.6. The van der Waals surface area contributed by atoms with E-state index in [2.05, 4.69) is 41.0 Å². The summed E-state index contributed by atoms with van der Waals surface area (Å²) in [6.45, 7) is 5.74. The average molecular weight is 258 g/mol. The number of hydrogen-bond donors (Lipinski definition) is 1. The molecule has 0 saturated heterocycles. The van der Waals surface area contributed by atoms with Crippen molar-refractivity contribution in [3.8, 4) is 0 Å². The molecule has 0 spiro atoms. The van der Waals surface area contributed by atoms with E-state index in [-0.39, 0.29) is 0 Å². The summed E-state index contributed by atoms with van der Waals surface area (Å²) in [6, 6.07) is 0. The van der Waals surface area contributed by atoms with Gasteiger partial charge in [-0.25, -0.2) is 0 Å². The Morgan fingerprint density at radius 2 is 2.43 bits per heavy atom. The molecule has 0 aliphatic carbocycles. The van der Waals surface area contributed by atoms with Gasteiger partial charge in [0.15, 0.2) is 0 Å². The highest BCUT2D eigenvalue weighted by molar-refractivity contribution is 9.10. The van der Waals surface area contributed by atoms with Gasteiger partial charge in [-0.2, -0.15) is 5.10 Å². The Morgan fingerprint density at radius 1 is 1.71 bits per heavy atom. The van der Waals surface area contributed by atoms with Crippen molar-refractivity contribution in [2.75, 3.05) is 6.54 Å². The average Bonchev–Trinajstić information content (AvgIpc) is 2.56. The fourth-order valence-corrected chi connectivity index (χ4v) is 2.00. The molecule has 1 rings (SSSR count). The van der Waals surface area contributed by atoms with Crippen LogP contribution in [0.2, 0.25) is 0 Å². The number of aromatic nitrogens is 2. The van der Waals surface area contributed by atoms with E-state index < -0.39 is 0 Å². The van der Waals surface area contributed by atoms with Crippen molar-refractivity contribution in [2.24, 2.45) is 5.73 Å². The third kappa shape index (κ3) is 2.45. The highest BCUT2D eigenvalue weighted by atomic mass is 79.9. The second-order valence-electron chi connectivity index (χ2n) is 3.12. The number of rotatable bonds is 4. The molecule has 1 aromatic rings. The van der Waals surface area contributed by atoms with E-state index >= 15 is 0 Å². The van der Waals surface area contributed by atoms with E-state index in [0.29, 0.717) is 6.54 Å². The fourth-order valence-electron chi connectivity index (χ4n) is 1.39. The summed E-state index contributed by atoms with van der Waals surface area (Å²) in [5, 5.41) is 4.26. The van der Waals surface area contributed by atoms with Gasteiger partial charge in [-0.3, -0.25) is 4.68 Å². The predicted octanol–water partition coefficient (Wildman–Crippen LogP) is 2.42. The van der Waals surface area contributed by atoms with Crippen molar-refractivity contribution in [3.05, 3.63) is 22.4 Å². The quantitative estimate of drug-likeness (QED) is 0.901. The van der Waals surface area contributed by atoms with Crippen LogP contribution in [0.3, 0.4) is 0 Å². The first kappa shape index (κ1) is 11.5. The van der Waals surface area contributed by atoms with Gasteiger partial charge in [-0.1, -0.05) is 6.08 Å². The Balaban J connectivity index is 2.98.